The van der Waals surface area contributed by atoms with Crippen molar-refractivity contribution in [1.82, 2.24) is 25.0 Å². The summed E-state index contributed by atoms with van der Waals surface area (Å²) < 4.78 is 7.50. The minimum atomic E-state index is -0.331. The van der Waals surface area contributed by atoms with Crippen LogP contribution in [0, 0.1) is 0 Å². The monoisotopic (exact) mass is 279 g/mol. The molecule has 7 nitrogen and oxygen atoms in total. The fourth-order valence-corrected chi connectivity index (χ4v) is 2.98. The van der Waals surface area contributed by atoms with Crippen LogP contribution < -0.4 is 5.32 Å². The number of hydrogen-bond donors (Lipinski definition) is 1. The van der Waals surface area contributed by atoms with E-state index in [1.807, 2.05) is 16.5 Å². The predicted octanol–water partition coefficient (Wildman–Crippen LogP) is -0.490. The lowest BCUT2D eigenvalue weighted by molar-refractivity contribution is -0.146. The van der Waals surface area contributed by atoms with Crippen molar-refractivity contribution < 1.29 is 9.53 Å². The summed E-state index contributed by atoms with van der Waals surface area (Å²) in [4.78, 5) is 14.4. The Bertz CT molecular complexity index is 469. The number of carbonyl (C=O) groups excluding carboxylic acids is 1. The van der Waals surface area contributed by atoms with Crippen LogP contribution in [0.5, 0.6) is 0 Å². The number of morpholine rings is 1. The Kier molecular flexibility index (Phi) is 3.98. The highest BCUT2D eigenvalue weighted by molar-refractivity contribution is 5.81. The maximum absolute atomic E-state index is 12.5. The first-order valence-corrected chi connectivity index (χ1v) is 7.20. The maximum Gasteiger partial charge on any atom is 0.253 e. The molecule has 2 fully saturated rings. The van der Waals surface area contributed by atoms with Crippen molar-refractivity contribution in [1.29, 1.82) is 0 Å². The van der Waals surface area contributed by atoms with Gasteiger partial charge in [0.15, 0.2) is 0 Å². The number of nitrogens with zero attached hydrogens (tertiary/aromatic N) is 4. The number of carbonyl (C=O) groups is 1. The topological polar surface area (TPSA) is 72.3 Å². The molecule has 1 amide bonds. The van der Waals surface area contributed by atoms with E-state index in [1.54, 1.807) is 6.33 Å². The van der Waals surface area contributed by atoms with Gasteiger partial charge >= 0.3 is 0 Å². The van der Waals surface area contributed by atoms with E-state index in [2.05, 4.69) is 15.5 Å². The number of nitrogens with one attached hydrogen (secondary N) is 1. The molecule has 20 heavy (non-hydrogen) atoms. The lowest BCUT2D eigenvalue weighted by Gasteiger charge is -2.35. The number of amides is 1. The van der Waals surface area contributed by atoms with Crippen molar-refractivity contribution >= 4 is 5.91 Å². The molecule has 110 valence electrons. The van der Waals surface area contributed by atoms with Crippen molar-refractivity contribution in [3.05, 3.63) is 12.2 Å². The third-order valence-corrected chi connectivity index (χ3v) is 4.05. The molecule has 0 radical (unpaired) electrons. The van der Waals surface area contributed by atoms with Gasteiger partial charge in [0.05, 0.1) is 6.61 Å². The van der Waals surface area contributed by atoms with Crippen LogP contribution >= 0.6 is 0 Å². The summed E-state index contributed by atoms with van der Waals surface area (Å²) in [6.45, 7) is 3.57. The van der Waals surface area contributed by atoms with Gasteiger partial charge in [-0.25, -0.2) is 0 Å². The van der Waals surface area contributed by atoms with E-state index >= 15 is 0 Å². The van der Waals surface area contributed by atoms with Gasteiger partial charge in [-0.15, -0.1) is 10.2 Å². The zero-order valence-corrected chi connectivity index (χ0v) is 11.8. The molecule has 7 heteroatoms. The molecular weight excluding hydrogens is 258 g/mol. The van der Waals surface area contributed by atoms with E-state index in [0.29, 0.717) is 19.7 Å². The van der Waals surface area contributed by atoms with Gasteiger partial charge in [-0.2, -0.15) is 0 Å². The standard InChI is InChI=1S/C13H21N5O2/c1-17-9-15-16-12(17)10-3-2-5-18(8-10)13(19)11-7-14-4-6-20-11/h9-11,14H,2-8H2,1H3. The van der Waals surface area contributed by atoms with Crippen molar-refractivity contribution in [2.24, 2.45) is 7.05 Å². The Morgan fingerprint density at radius 1 is 1.55 bits per heavy atom. The quantitative estimate of drug-likeness (QED) is 0.791. The first-order valence-electron chi connectivity index (χ1n) is 7.20. The number of aromatic nitrogens is 3. The van der Waals surface area contributed by atoms with E-state index < -0.39 is 0 Å². The number of piperidine rings is 1. The van der Waals surface area contributed by atoms with Crippen LogP contribution in [-0.4, -0.2) is 64.5 Å². The zero-order valence-electron chi connectivity index (χ0n) is 11.8. The normalized spacial score (nSPS) is 27.6. The largest absolute Gasteiger partial charge is 0.366 e. The van der Waals surface area contributed by atoms with E-state index in [4.69, 9.17) is 4.74 Å². The summed E-state index contributed by atoms with van der Waals surface area (Å²) in [7, 11) is 1.95. The average Bonchev–Trinajstić information content (AvgIpc) is 2.94. The Morgan fingerprint density at radius 2 is 2.45 bits per heavy atom. The Morgan fingerprint density at radius 3 is 3.15 bits per heavy atom. The molecule has 2 aliphatic rings. The Balaban J connectivity index is 1.65. The molecule has 2 unspecified atom stereocenters. The minimum absolute atomic E-state index is 0.101. The second-order valence-electron chi connectivity index (χ2n) is 5.49. The maximum atomic E-state index is 12.5. The number of likely N-dealkylation sites (tertiary alicyclic amines) is 1. The minimum Gasteiger partial charge on any atom is -0.366 e. The summed E-state index contributed by atoms with van der Waals surface area (Å²) in [5, 5.41) is 11.3. The Hall–Kier alpha value is -1.47. The summed E-state index contributed by atoms with van der Waals surface area (Å²) in [6.07, 6.45) is 3.44. The molecule has 3 heterocycles. The van der Waals surface area contributed by atoms with Crippen LogP contribution in [0.15, 0.2) is 6.33 Å². The van der Waals surface area contributed by atoms with Crippen LogP contribution in [0.2, 0.25) is 0 Å². The van der Waals surface area contributed by atoms with Crippen LogP contribution in [0.25, 0.3) is 0 Å². The number of aryl methyl sites for hydroxylation is 1. The lowest BCUT2D eigenvalue weighted by atomic mass is 9.96. The SMILES string of the molecule is Cn1cnnc1C1CCCN(C(=O)C2CNCCO2)C1. The van der Waals surface area contributed by atoms with Gasteiger partial charge in [-0.05, 0) is 12.8 Å². The van der Waals surface area contributed by atoms with Gasteiger partial charge in [0.2, 0.25) is 0 Å². The van der Waals surface area contributed by atoms with Gasteiger partial charge in [0, 0.05) is 39.1 Å². The van der Waals surface area contributed by atoms with Crippen molar-refractivity contribution in [2.45, 2.75) is 24.9 Å². The number of ether oxygens (including phenoxy) is 1. The molecule has 2 aliphatic heterocycles. The third kappa shape index (κ3) is 2.69. The molecule has 1 aromatic heterocycles. The van der Waals surface area contributed by atoms with Crippen LogP contribution in [0.3, 0.4) is 0 Å². The second-order valence-corrected chi connectivity index (χ2v) is 5.49. The fourth-order valence-electron chi connectivity index (χ4n) is 2.98. The average molecular weight is 279 g/mol. The predicted molar refractivity (Wildman–Crippen MR) is 72.2 cm³/mol. The molecule has 0 aliphatic carbocycles. The van der Waals surface area contributed by atoms with Gasteiger partial charge in [-0.1, -0.05) is 0 Å². The second kappa shape index (κ2) is 5.88. The van der Waals surface area contributed by atoms with Gasteiger partial charge < -0.3 is 19.5 Å². The first kappa shape index (κ1) is 13.5. The summed E-state index contributed by atoms with van der Waals surface area (Å²) in [5.74, 6) is 1.34. The van der Waals surface area contributed by atoms with E-state index in [0.717, 1.165) is 31.8 Å². The molecule has 0 aromatic carbocycles. The zero-order chi connectivity index (χ0) is 13.9. The molecule has 2 saturated heterocycles. The number of hydrogen-bond acceptors (Lipinski definition) is 5. The van der Waals surface area contributed by atoms with Gasteiger partial charge in [0.25, 0.3) is 5.91 Å². The highest BCUT2D eigenvalue weighted by Crippen LogP contribution is 2.25. The first-order chi connectivity index (χ1) is 9.75. The third-order valence-electron chi connectivity index (χ3n) is 4.05. The molecule has 3 rings (SSSR count). The molecule has 0 saturated carbocycles. The lowest BCUT2D eigenvalue weighted by Crippen LogP contribution is -2.51. The van der Waals surface area contributed by atoms with Crippen molar-refractivity contribution in [2.75, 3.05) is 32.8 Å². The summed E-state index contributed by atoms with van der Waals surface area (Å²) >= 11 is 0. The van der Waals surface area contributed by atoms with Gasteiger partial charge in [0.1, 0.15) is 18.3 Å². The molecule has 1 N–H and O–H groups in total. The van der Waals surface area contributed by atoms with Crippen LogP contribution in [0.4, 0.5) is 0 Å². The summed E-state index contributed by atoms with van der Waals surface area (Å²) in [5.41, 5.74) is 0. The van der Waals surface area contributed by atoms with Crippen molar-refractivity contribution in [3.8, 4) is 0 Å². The smallest absolute Gasteiger partial charge is 0.253 e. The number of rotatable bonds is 2. The van der Waals surface area contributed by atoms with E-state index in [1.165, 1.54) is 0 Å². The van der Waals surface area contributed by atoms with Gasteiger partial charge in [-0.3, -0.25) is 4.79 Å². The molecule has 1 aromatic rings. The molecule has 0 bridgehead atoms. The molecule has 2 atom stereocenters. The summed E-state index contributed by atoms with van der Waals surface area (Å²) in [6, 6.07) is 0. The highest BCUT2D eigenvalue weighted by Gasteiger charge is 2.32. The fraction of sp³-hybridized carbons (Fsp3) is 0.769. The van der Waals surface area contributed by atoms with Crippen LogP contribution in [0.1, 0.15) is 24.6 Å². The van der Waals surface area contributed by atoms with E-state index in [9.17, 15) is 4.79 Å². The van der Waals surface area contributed by atoms with Crippen molar-refractivity contribution in [3.63, 3.8) is 0 Å². The molecule has 0 spiro atoms. The van der Waals surface area contributed by atoms with E-state index in [-0.39, 0.29) is 17.9 Å². The Labute approximate surface area is 118 Å². The van der Waals surface area contributed by atoms with Crippen LogP contribution in [-0.2, 0) is 16.6 Å². The molecular formula is C13H21N5O2. The highest BCUT2D eigenvalue weighted by atomic mass is 16.5.